The number of ether oxygens (including phenoxy) is 2. The van der Waals surface area contributed by atoms with E-state index in [4.69, 9.17) is 9.47 Å². The number of aryl methyl sites for hydroxylation is 1. The first-order valence-electron chi connectivity index (χ1n) is 11.7. The first-order chi connectivity index (χ1) is 15.8. The van der Waals surface area contributed by atoms with E-state index in [1.807, 2.05) is 51.1 Å². The number of carbonyl (C=O) groups excluding carboxylic acids is 2. The second-order valence-electron chi connectivity index (χ2n) is 9.53. The first-order valence-corrected chi connectivity index (χ1v) is 11.7. The molecule has 1 fully saturated rings. The van der Waals surface area contributed by atoms with E-state index in [0.717, 1.165) is 43.5 Å². The zero-order valence-electron chi connectivity index (χ0n) is 19.7. The molecule has 33 heavy (non-hydrogen) atoms. The van der Waals surface area contributed by atoms with E-state index < -0.39 is 0 Å². The Kier molecular flexibility index (Phi) is 6.88. The third kappa shape index (κ3) is 6.05. The topological polar surface area (TPSA) is 79.9 Å². The molecule has 7 nitrogen and oxygen atoms in total. The van der Waals surface area contributed by atoms with Crippen LogP contribution in [0.25, 0.3) is 0 Å². The van der Waals surface area contributed by atoms with Gasteiger partial charge in [-0.2, -0.15) is 0 Å². The molecule has 4 rings (SSSR count). The zero-order chi connectivity index (χ0) is 23.4. The van der Waals surface area contributed by atoms with Crippen LogP contribution < -0.4 is 20.1 Å². The lowest BCUT2D eigenvalue weighted by molar-refractivity contribution is -0.118. The lowest BCUT2D eigenvalue weighted by Gasteiger charge is -2.25. The molecule has 0 saturated carbocycles. The van der Waals surface area contributed by atoms with E-state index in [-0.39, 0.29) is 24.0 Å². The normalized spacial score (nSPS) is 17.1. The largest absolute Gasteiger partial charge is 0.483 e. The predicted octanol–water partition coefficient (Wildman–Crippen LogP) is 4.15. The molecule has 2 aromatic carbocycles. The SMILES string of the molecule is Cc1ccc(NC(=O)COc2cccc3c2OC(C)(C)C3)cc1NC(=O)CN1CCCCC1. The zero-order valence-corrected chi connectivity index (χ0v) is 19.7. The molecule has 0 aromatic heterocycles. The summed E-state index contributed by atoms with van der Waals surface area (Å²) in [7, 11) is 0. The van der Waals surface area contributed by atoms with Gasteiger partial charge in [0, 0.05) is 23.4 Å². The van der Waals surface area contributed by atoms with Crippen molar-refractivity contribution in [1.29, 1.82) is 0 Å². The Morgan fingerprint density at radius 3 is 2.64 bits per heavy atom. The summed E-state index contributed by atoms with van der Waals surface area (Å²) in [6, 6.07) is 11.2. The van der Waals surface area contributed by atoms with Crippen LogP contribution in [0.4, 0.5) is 11.4 Å². The Morgan fingerprint density at radius 1 is 1.06 bits per heavy atom. The van der Waals surface area contributed by atoms with Gasteiger partial charge in [-0.25, -0.2) is 0 Å². The molecule has 2 aliphatic heterocycles. The fraction of sp³-hybridized carbons (Fsp3) is 0.462. The summed E-state index contributed by atoms with van der Waals surface area (Å²) < 4.78 is 11.8. The Hall–Kier alpha value is -3.06. The summed E-state index contributed by atoms with van der Waals surface area (Å²) in [5, 5.41) is 5.84. The highest BCUT2D eigenvalue weighted by Crippen LogP contribution is 2.41. The molecular weight excluding hydrogens is 418 g/mol. The molecule has 176 valence electrons. The molecule has 0 bridgehead atoms. The first kappa shape index (κ1) is 23.1. The monoisotopic (exact) mass is 451 g/mol. The molecule has 2 heterocycles. The fourth-order valence-electron chi connectivity index (χ4n) is 4.39. The number of hydrogen-bond acceptors (Lipinski definition) is 5. The van der Waals surface area contributed by atoms with Gasteiger partial charge in [0.15, 0.2) is 18.1 Å². The van der Waals surface area contributed by atoms with Gasteiger partial charge in [0.05, 0.1) is 6.54 Å². The molecule has 0 atom stereocenters. The average Bonchev–Trinajstić information content (AvgIpc) is 3.09. The van der Waals surface area contributed by atoms with E-state index in [9.17, 15) is 9.59 Å². The van der Waals surface area contributed by atoms with Crippen LogP contribution >= 0.6 is 0 Å². The van der Waals surface area contributed by atoms with Gasteiger partial charge < -0.3 is 20.1 Å². The Bertz CT molecular complexity index is 1030. The Balaban J connectivity index is 1.32. The van der Waals surface area contributed by atoms with E-state index in [0.29, 0.717) is 29.4 Å². The van der Waals surface area contributed by atoms with Gasteiger partial charge in [-0.15, -0.1) is 0 Å². The second kappa shape index (κ2) is 9.83. The average molecular weight is 452 g/mol. The van der Waals surface area contributed by atoms with Crippen LogP contribution in [0.15, 0.2) is 36.4 Å². The van der Waals surface area contributed by atoms with Gasteiger partial charge in [0.2, 0.25) is 5.91 Å². The predicted molar refractivity (Wildman–Crippen MR) is 129 cm³/mol. The van der Waals surface area contributed by atoms with Crippen molar-refractivity contribution in [3.05, 3.63) is 47.5 Å². The highest BCUT2D eigenvalue weighted by Gasteiger charge is 2.32. The van der Waals surface area contributed by atoms with Gasteiger partial charge in [-0.1, -0.05) is 24.6 Å². The smallest absolute Gasteiger partial charge is 0.262 e. The van der Waals surface area contributed by atoms with Crippen LogP contribution in [-0.4, -0.2) is 48.6 Å². The maximum Gasteiger partial charge on any atom is 0.262 e. The quantitative estimate of drug-likeness (QED) is 0.661. The number of nitrogens with one attached hydrogen (secondary N) is 2. The number of benzene rings is 2. The van der Waals surface area contributed by atoms with Gasteiger partial charge in [-0.3, -0.25) is 14.5 Å². The summed E-state index contributed by atoms with van der Waals surface area (Å²) in [6.45, 7) is 8.19. The molecule has 0 aliphatic carbocycles. The minimum Gasteiger partial charge on any atom is -0.483 e. The second-order valence-corrected chi connectivity index (χ2v) is 9.53. The van der Waals surface area contributed by atoms with Crippen LogP contribution in [0.5, 0.6) is 11.5 Å². The van der Waals surface area contributed by atoms with Crippen molar-refractivity contribution in [3.8, 4) is 11.5 Å². The Labute approximate surface area is 195 Å². The molecule has 0 unspecified atom stereocenters. The van der Waals surface area contributed by atoms with Crippen molar-refractivity contribution in [2.24, 2.45) is 0 Å². The summed E-state index contributed by atoms with van der Waals surface area (Å²) in [5.41, 5.74) is 3.06. The molecule has 2 N–H and O–H groups in total. The van der Waals surface area contributed by atoms with E-state index in [2.05, 4.69) is 15.5 Å². The van der Waals surface area contributed by atoms with E-state index in [1.54, 1.807) is 6.07 Å². The number of amides is 2. The lowest BCUT2D eigenvalue weighted by atomic mass is 10.0. The van der Waals surface area contributed by atoms with Gasteiger partial charge in [0.1, 0.15) is 5.60 Å². The molecule has 7 heteroatoms. The number of para-hydroxylation sites is 1. The highest BCUT2D eigenvalue weighted by atomic mass is 16.5. The molecule has 2 aromatic rings. The van der Waals surface area contributed by atoms with E-state index in [1.165, 1.54) is 6.42 Å². The molecule has 2 aliphatic rings. The number of piperidine rings is 1. The standard InChI is InChI=1S/C26H33N3O4/c1-18-10-11-20(14-21(18)28-23(30)16-29-12-5-4-6-13-29)27-24(31)17-32-22-9-7-8-19-15-26(2,3)33-25(19)22/h7-11,14H,4-6,12-13,15-17H2,1-3H3,(H,27,31)(H,28,30). The number of carbonyl (C=O) groups is 2. The lowest BCUT2D eigenvalue weighted by Crippen LogP contribution is -2.36. The molecule has 0 spiro atoms. The summed E-state index contributed by atoms with van der Waals surface area (Å²) in [4.78, 5) is 27.2. The summed E-state index contributed by atoms with van der Waals surface area (Å²) >= 11 is 0. The van der Waals surface area contributed by atoms with Gasteiger partial charge in [0.25, 0.3) is 5.91 Å². The fourth-order valence-corrected chi connectivity index (χ4v) is 4.39. The summed E-state index contributed by atoms with van der Waals surface area (Å²) in [6.07, 6.45) is 4.33. The van der Waals surface area contributed by atoms with Crippen molar-refractivity contribution in [2.75, 3.05) is 36.9 Å². The van der Waals surface area contributed by atoms with Gasteiger partial charge in [-0.05, 0) is 70.5 Å². The van der Waals surface area contributed by atoms with E-state index >= 15 is 0 Å². The third-order valence-corrected chi connectivity index (χ3v) is 6.03. The van der Waals surface area contributed by atoms with Gasteiger partial charge >= 0.3 is 0 Å². The maximum atomic E-state index is 12.5. The molecule has 1 saturated heterocycles. The number of fused-ring (bicyclic) bond motifs is 1. The minimum atomic E-state index is -0.278. The number of hydrogen-bond donors (Lipinski definition) is 2. The summed E-state index contributed by atoms with van der Waals surface area (Å²) in [5.74, 6) is 0.971. The number of likely N-dealkylation sites (tertiary alicyclic amines) is 1. The van der Waals surface area contributed by atoms with Crippen molar-refractivity contribution in [3.63, 3.8) is 0 Å². The van der Waals surface area contributed by atoms with Crippen molar-refractivity contribution in [2.45, 2.75) is 52.1 Å². The minimum absolute atomic E-state index is 0.0346. The molecular formula is C26H33N3O4. The van der Waals surface area contributed by atoms with Crippen LogP contribution in [0.1, 0.15) is 44.2 Å². The number of anilines is 2. The van der Waals surface area contributed by atoms with Crippen LogP contribution in [-0.2, 0) is 16.0 Å². The van der Waals surface area contributed by atoms with Crippen LogP contribution in [0, 0.1) is 6.92 Å². The van der Waals surface area contributed by atoms with Crippen LogP contribution in [0.3, 0.4) is 0 Å². The highest BCUT2D eigenvalue weighted by molar-refractivity contribution is 5.96. The molecule has 2 amide bonds. The third-order valence-electron chi connectivity index (χ3n) is 6.03. The van der Waals surface area contributed by atoms with Crippen molar-refractivity contribution >= 4 is 23.2 Å². The van der Waals surface area contributed by atoms with Crippen molar-refractivity contribution < 1.29 is 19.1 Å². The number of nitrogens with zero attached hydrogens (tertiary/aromatic N) is 1. The van der Waals surface area contributed by atoms with Crippen molar-refractivity contribution in [1.82, 2.24) is 4.90 Å². The number of rotatable bonds is 7. The Morgan fingerprint density at radius 2 is 1.85 bits per heavy atom. The maximum absolute atomic E-state index is 12.5. The van der Waals surface area contributed by atoms with Crippen LogP contribution in [0.2, 0.25) is 0 Å². The molecule has 0 radical (unpaired) electrons.